The predicted octanol–water partition coefficient (Wildman–Crippen LogP) is 3.52. The molecule has 0 aliphatic carbocycles. The molecule has 0 aliphatic rings. The standard InChI is InChI=1S/C16H17BrN2O3/c1-21-14-8-7-13(9-15(14)22-2)19-16(20)10-18-12-5-3-11(17)4-6-12/h3-9,18H,10H2,1-2H3,(H,19,20). The summed E-state index contributed by atoms with van der Waals surface area (Å²) in [7, 11) is 3.12. The first-order chi connectivity index (χ1) is 10.6. The van der Waals surface area contributed by atoms with Crippen LogP contribution < -0.4 is 20.1 Å². The molecule has 0 atom stereocenters. The Bertz CT molecular complexity index is 644. The van der Waals surface area contributed by atoms with Crippen molar-refractivity contribution in [3.8, 4) is 11.5 Å². The zero-order valence-electron chi connectivity index (χ0n) is 12.4. The topological polar surface area (TPSA) is 59.6 Å². The first kappa shape index (κ1) is 16.2. The van der Waals surface area contributed by atoms with Crippen LogP contribution in [0.4, 0.5) is 11.4 Å². The second kappa shape index (κ2) is 7.70. The number of carbonyl (C=O) groups excluding carboxylic acids is 1. The number of carbonyl (C=O) groups is 1. The lowest BCUT2D eigenvalue weighted by molar-refractivity contribution is -0.114. The van der Waals surface area contributed by atoms with Gasteiger partial charge < -0.3 is 20.1 Å². The normalized spacial score (nSPS) is 9.95. The van der Waals surface area contributed by atoms with Crippen molar-refractivity contribution in [3.05, 3.63) is 46.9 Å². The van der Waals surface area contributed by atoms with Crippen LogP contribution in [0.3, 0.4) is 0 Å². The molecular formula is C16H17BrN2O3. The summed E-state index contributed by atoms with van der Waals surface area (Å²) in [4.78, 5) is 12.0. The minimum absolute atomic E-state index is 0.143. The highest BCUT2D eigenvalue weighted by molar-refractivity contribution is 9.10. The van der Waals surface area contributed by atoms with E-state index in [0.717, 1.165) is 10.2 Å². The van der Waals surface area contributed by atoms with E-state index in [1.807, 2.05) is 24.3 Å². The molecule has 0 saturated carbocycles. The highest BCUT2D eigenvalue weighted by atomic mass is 79.9. The third-order valence-electron chi connectivity index (χ3n) is 2.96. The Hall–Kier alpha value is -2.21. The second-order valence-electron chi connectivity index (χ2n) is 4.48. The van der Waals surface area contributed by atoms with E-state index in [-0.39, 0.29) is 12.5 Å². The maximum Gasteiger partial charge on any atom is 0.243 e. The number of anilines is 2. The number of ether oxygens (including phenoxy) is 2. The molecule has 0 radical (unpaired) electrons. The number of hydrogen-bond acceptors (Lipinski definition) is 4. The van der Waals surface area contributed by atoms with Crippen molar-refractivity contribution in [3.63, 3.8) is 0 Å². The van der Waals surface area contributed by atoms with Crippen LogP contribution in [0.2, 0.25) is 0 Å². The van der Waals surface area contributed by atoms with Crippen molar-refractivity contribution < 1.29 is 14.3 Å². The third kappa shape index (κ3) is 4.39. The number of methoxy groups -OCH3 is 2. The largest absolute Gasteiger partial charge is 0.493 e. The van der Waals surface area contributed by atoms with Gasteiger partial charge in [0.25, 0.3) is 0 Å². The first-order valence-corrected chi connectivity index (χ1v) is 7.43. The molecule has 0 fully saturated rings. The summed E-state index contributed by atoms with van der Waals surface area (Å²) in [5, 5.41) is 5.86. The smallest absolute Gasteiger partial charge is 0.243 e. The molecule has 2 aromatic carbocycles. The van der Waals surface area contributed by atoms with E-state index >= 15 is 0 Å². The van der Waals surface area contributed by atoms with Crippen LogP contribution in [0.5, 0.6) is 11.5 Å². The first-order valence-electron chi connectivity index (χ1n) is 6.63. The Morgan fingerprint density at radius 1 is 1.00 bits per heavy atom. The van der Waals surface area contributed by atoms with Crippen LogP contribution >= 0.6 is 15.9 Å². The number of nitrogens with one attached hydrogen (secondary N) is 2. The van der Waals surface area contributed by atoms with Gasteiger partial charge in [-0.25, -0.2) is 0 Å². The van der Waals surface area contributed by atoms with Gasteiger partial charge >= 0.3 is 0 Å². The summed E-state index contributed by atoms with van der Waals surface area (Å²) >= 11 is 3.37. The molecule has 2 rings (SSSR count). The fourth-order valence-corrected chi connectivity index (χ4v) is 2.13. The zero-order chi connectivity index (χ0) is 15.9. The zero-order valence-corrected chi connectivity index (χ0v) is 13.9. The van der Waals surface area contributed by atoms with Crippen LogP contribution in [-0.4, -0.2) is 26.7 Å². The lowest BCUT2D eigenvalue weighted by Crippen LogP contribution is -2.21. The number of rotatable bonds is 6. The summed E-state index contributed by atoms with van der Waals surface area (Å²) in [5.41, 5.74) is 1.53. The van der Waals surface area contributed by atoms with Gasteiger partial charge in [-0.2, -0.15) is 0 Å². The van der Waals surface area contributed by atoms with Gasteiger partial charge in [-0.15, -0.1) is 0 Å². The SMILES string of the molecule is COc1ccc(NC(=O)CNc2ccc(Br)cc2)cc1OC. The Kier molecular flexibility index (Phi) is 5.66. The van der Waals surface area contributed by atoms with Gasteiger partial charge in [0.1, 0.15) is 0 Å². The molecule has 1 amide bonds. The van der Waals surface area contributed by atoms with Crippen molar-refractivity contribution in [1.82, 2.24) is 0 Å². The fourth-order valence-electron chi connectivity index (χ4n) is 1.87. The van der Waals surface area contributed by atoms with Crippen molar-refractivity contribution >= 4 is 33.2 Å². The van der Waals surface area contributed by atoms with Gasteiger partial charge in [0.15, 0.2) is 11.5 Å². The predicted molar refractivity (Wildman–Crippen MR) is 90.8 cm³/mol. The van der Waals surface area contributed by atoms with E-state index in [1.165, 1.54) is 0 Å². The van der Waals surface area contributed by atoms with Crippen molar-refractivity contribution in [2.24, 2.45) is 0 Å². The lowest BCUT2D eigenvalue weighted by atomic mass is 10.2. The molecule has 6 heteroatoms. The van der Waals surface area contributed by atoms with Gasteiger partial charge in [0, 0.05) is 21.9 Å². The summed E-state index contributed by atoms with van der Waals surface area (Å²) in [5.74, 6) is 1.05. The van der Waals surface area contributed by atoms with Crippen molar-refractivity contribution in [2.45, 2.75) is 0 Å². The summed E-state index contributed by atoms with van der Waals surface area (Å²) in [6, 6.07) is 12.8. The lowest BCUT2D eigenvalue weighted by Gasteiger charge is -2.11. The molecule has 5 nitrogen and oxygen atoms in total. The summed E-state index contributed by atoms with van der Waals surface area (Å²) in [6.45, 7) is 0.177. The third-order valence-corrected chi connectivity index (χ3v) is 3.49. The summed E-state index contributed by atoms with van der Waals surface area (Å²) in [6.07, 6.45) is 0. The number of halogens is 1. The van der Waals surface area contributed by atoms with Crippen LogP contribution in [-0.2, 0) is 4.79 Å². The average molecular weight is 365 g/mol. The van der Waals surface area contributed by atoms with E-state index in [2.05, 4.69) is 26.6 Å². The fraction of sp³-hybridized carbons (Fsp3) is 0.188. The molecule has 0 saturated heterocycles. The van der Waals surface area contributed by atoms with Gasteiger partial charge in [-0.05, 0) is 36.4 Å². The molecule has 0 aliphatic heterocycles. The quantitative estimate of drug-likeness (QED) is 0.823. The van der Waals surface area contributed by atoms with E-state index in [4.69, 9.17) is 9.47 Å². The van der Waals surface area contributed by atoms with Crippen LogP contribution in [0.1, 0.15) is 0 Å². The maximum absolute atomic E-state index is 12.0. The van der Waals surface area contributed by atoms with Crippen molar-refractivity contribution in [2.75, 3.05) is 31.4 Å². The molecule has 116 valence electrons. The minimum atomic E-state index is -0.143. The van der Waals surface area contributed by atoms with Crippen LogP contribution in [0, 0.1) is 0 Å². The van der Waals surface area contributed by atoms with Gasteiger partial charge in [0.05, 0.1) is 20.8 Å². The van der Waals surface area contributed by atoms with E-state index < -0.39 is 0 Å². The maximum atomic E-state index is 12.0. The second-order valence-corrected chi connectivity index (χ2v) is 5.39. The monoisotopic (exact) mass is 364 g/mol. The van der Waals surface area contributed by atoms with Gasteiger partial charge in [-0.1, -0.05) is 15.9 Å². The molecular weight excluding hydrogens is 348 g/mol. The summed E-state index contributed by atoms with van der Waals surface area (Å²) < 4.78 is 11.4. The number of amides is 1. The van der Waals surface area contributed by atoms with E-state index in [9.17, 15) is 4.79 Å². The Labute approximate surface area is 137 Å². The molecule has 0 unspecified atom stereocenters. The van der Waals surface area contributed by atoms with Crippen LogP contribution in [0.25, 0.3) is 0 Å². The highest BCUT2D eigenvalue weighted by Gasteiger charge is 2.07. The van der Waals surface area contributed by atoms with Gasteiger partial charge in [0.2, 0.25) is 5.91 Å². The molecule has 2 aromatic rings. The molecule has 0 spiro atoms. The Morgan fingerprint density at radius 3 is 2.27 bits per heavy atom. The van der Waals surface area contributed by atoms with Crippen molar-refractivity contribution in [1.29, 1.82) is 0 Å². The Morgan fingerprint density at radius 2 is 1.64 bits per heavy atom. The Balaban J connectivity index is 1.93. The molecule has 2 N–H and O–H groups in total. The highest BCUT2D eigenvalue weighted by Crippen LogP contribution is 2.29. The average Bonchev–Trinajstić information content (AvgIpc) is 2.54. The molecule has 0 heterocycles. The van der Waals surface area contributed by atoms with E-state index in [1.54, 1.807) is 32.4 Å². The van der Waals surface area contributed by atoms with E-state index in [0.29, 0.717) is 17.2 Å². The molecule has 0 aromatic heterocycles. The van der Waals surface area contributed by atoms with Crippen LogP contribution in [0.15, 0.2) is 46.9 Å². The number of hydrogen-bond donors (Lipinski definition) is 2. The number of benzene rings is 2. The molecule has 22 heavy (non-hydrogen) atoms. The van der Waals surface area contributed by atoms with Gasteiger partial charge in [-0.3, -0.25) is 4.79 Å². The molecule has 0 bridgehead atoms. The minimum Gasteiger partial charge on any atom is -0.493 e.